The van der Waals surface area contributed by atoms with Crippen molar-refractivity contribution < 1.29 is 47.8 Å². The number of likely N-dealkylation sites (tertiary alicyclic amines) is 1. The van der Waals surface area contributed by atoms with Gasteiger partial charge in [-0.3, -0.25) is 34.6 Å². The zero-order chi connectivity index (χ0) is 43.5. The van der Waals surface area contributed by atoms with Gasteiger partial charge in [0, 0.05) is 38.0 Å². The van der Waals surface area contributed by atoms with Gasteiger partial charge in [-0.1, -0.05) is 43.6 Å². The van der Waals surface area contributed by atoms with Crippen molar-refractivity contribution in [1.29, 1.82) is 0 Å². The van der Waals surface area contributed by atoms with Crippen LogP contribution in [-0.2, 0) is 40.0 Å². The van der Waals surface area contributed by atoms with Crippen molar-refractivity contribution in [3.8, 4) is 11.5 Å². The lowest BCUT2D eigenvalue weighted by atomic mass is 9.96. The SMILES string of the molecule is CCCCOc1cnc(CN2CC(C(=O)NC[C@H]3NC(=O)[C@H]3NC(=O)/C(=N\OC(C)(C)C(=O)OC(C)(C)C)C3CSC(NC(=O)OC(C)(C)C)=N3)C2)cc1OCCCC. The molecule has 1 aromatic heterocycles. The maximum Gasteiger partial charge on any atom is 0.413 e. The van der Waals surface area contributed by atoms with Crippen LogP contribution in [0.25, 0.3) is 0 Å². The first kappa shape index (κ1) is 47.0. The molecule has 0 aromatic carbocycles. The number of thioether (sulfide) groups is 1. The molecule has 4 N–H and O–H groups in total. The zero-order valence-corrected chi connectivity index (χ0v) is 36.8. The predicted octanol–water partition coefficient (Wildman–Crippen LogP) is 3.46. The average molecular weight is 847 g/mol. The Morgan fingerprint density at radius 1 is 0.949 bits per heavy atom. The number of carbonyl (C=O) groups excluding carboxylic acids is 5. The molecule has 3 aliphatic heterocycles. The minimum absolute atomic E-state index is 0.0710. The Labute approximate surface area is 351 Å². The van der Waals surface area contributed by atoms with E-state index in [0.717, 1.165) is 43.1 Å². The van der Waals surface area contributed by atoms with E-state index >= 15 is 0 Å². The molecule has 0 saturated carbocycles. The van der Waals surface area contributed by atoms with E-state index in [1.165, 1.54) is 13.8 Å². The Morgan fingerprint density at radius 3 is 2.20 bits per heavy atom. The van der Waals surface area contributed by atoms with Gasteiger partial charge in [0.1, 0.15) is 23.3 Å². The molecular weight excluding hydrogens is 785 g/mol. The standard InChI is InChI=1S/C40H62N8O10S/c1-11-13-15-54-28-17-25(41-19-29(28)55-16-14-12-2)22-48-20-24(21-48)32(49)42-18-26-30(33(50)43-26)45-34(51)31(47-58-40(9,10)35(52)56-38(3,4)5)27-23-59-36(44-27)46-37(53)57-39(6,7)8/h17,19,24,26-27,30H,11-16,18,20-23H2,1-10H3,(H,42,49)(H,43,50)(H,45,51)(H,44,46,53)/b47-31-/t26-,27?,30+/m1/s1. The van der Waals surface area contributed by atoms with E-state index in [4.69, 9.17) is 23.8 Å². The number of β-lactam (4-membered cyclic amide) rings is 1. The fourth-order valence-electron chi connectivity index (χ4n) is 5.70. The topological polar surface area (TPSA) is 220 Å². The minimum Gasteiger partial charge on any atom is -0.490 e. The van der Waals surface area contributed by atoms with Crippen LogP contribution in [0.1, 0.15) is 101 Å². The lowest BCUT2D eigenvalue weighted by Crippen LogP contribution is -2.72. The number of esters is 1. The van der Waals surface area contributed by atoms with Crippen molar-refractivity contribution in [1.82, 2.24) is 31.2 Å². The normalized spacial score (nSPS) is 20.0. The van der Waals surface area contributed by atoms with Gasteiger partial charge < -0.3 is 39.7 Å². The second-order valence-electron chi connectivity index (χ2n) is 17.2. The third-order valence-corrected chi connectivity index (χ3v) is 9.94. The van der Waals surface area contributed by atoms with Crippen LogP contribution in [0.4, 0.5) is 4.79 Å². The van der Waals surface area contributed by atoms with Crippen molar-refractivity contribution in [2.45, 2.75) is 136 Å². The molecule has 4 rings (SSSR count). The van der Waals surface area contributed by atoms with Gasteiger partial charge in [-0.15, -0.1) is 0 Å². The third kappa shape index (κ3) is 14.5. The number of hydrogen-bond acceptors (Lipinski definition) is 15. The predicted molar refractivity (Wildman–Crippen MR) is 222 cm³/mol. The highest BCUT2D eigenvalue weighted by Gasteiger charge is 2.44. The number of aromatic nitrogens is 1. The number of hydrogen-bond donors (Lipinski definition) is 4. The summed E-state index contributed by atoms with van der Waals surface area (Å²) in [6, 6.07) is -0.628. The van der Waals surface area contributed by atoms with Crippen LogP contribution in [0, 0.1) is 5.92 Å². The smallest absolute Gasteiger partial charge is 0.413 e. The van der Waals surface area contributed by atoms with E-state index in [0.29, 0.717) is 44.3 Å². The van der Waals surface area contributed by atoms with Crippen LogP contribution in [0.15, 0.2) is 22.4 Å². The van der Waals surface area contributed by atoms with Crippen LogP contribution < -0.4 is 30.7 Å². The van der Waals surface area contributed by atoms with E-state index < -0.39 is 58.8 Å². The Balaban J connectivity index is 1.34. The van der Waals surface area contributed by atoms with Gasteiger partial charge in [0.25, 0.3) is 5.91 Å². The second-order valence-corrected chi connectivity index (χ2v) is 18.2. The molecule has 0 aliphatic carbocycles. The molecule has 0 spiro atoms. The number of unbranched alkanes of at least 4 members (excludes halogenated alkanes) is 2. The molecule has 4 heterocycles. The van der Waals surface area contributed by atoms with Gasteiger partial charge in [-0.05, 0) is 68.2 Å². The molecule has 1 aromatic rings. The summed E-state index contributed by atoms with van der Waals surface area (Å²) in [5.74, 6) is -0.901. The molecule has 1 unspecified atom stereocenters. The highest BCUT2D eigenvalue weighted by molar-refractivity contribution is 8.14. The lowest BCUT2D eigenvalue weighted by Gasteiger charge is -2.40. The summed E-state index contributed by atoms with van der Waals surface area (Å²) >= 11 is 1.15. The summed E-state index contributed by atoms with van der Waals surface area (Å²) < 4.78 is 22.7. The molecule has 3 aliphatic rings. The highest BCUT2D eigenvalue weighted by Crippen LogP contribution is 2.29. The Kier molecular flexibility index (Phi) is 16.4. The monoisotopic (exact) mass is 846 g/mol. The Bertz CT molecular complexity index is 1740. The average Bonchev–Trinajstić information content (AvgIpc) is 3.57. The molecule has 2 fully saturated rings. The van der Waals surface area contributed by atoms with E-state index in [1.54, 1.807) is 47.7 Å². The maximum absolute atomic E-state index is 13.8. The number of oxime groups is 1. The summed E-state index contributed by atoms with van der Waals surface area (Å²) in [6.07, 6.45) is 4.88. The lowest BCUT2D eigenvalue weighted by molar-refractivity contribution is -0.179. The van der Waals surface area contributed by atoms with Crippen molar-refractivity contribution in [3.63, 3.8) is 0 Å². The van der Waals surface area contributed by atoms with Crippen LogP contribution in [0.5, 0.6) is 11.5 Å². The van der Waals surface area contributed by atoms with Crippen molar-refractivity contribution in [3.05, 3.63) is 18.0 Å². The number of amides is 4. The first-order valence-electron chi connectivity index (χ1n) is 20.2. The van der Waals surface area contributed by atoms with Gasteiger partial charge in [-0.25, -0.2) is 9.59 Å². The van der Waals surface area contributed by atoms with Crippen molar-refractivity contribution in [2.75, 3.05) is 38.6 Å². The number of pyridine rings is 1. The van der Waals surface area contributed by atoms with E-state index in [1.807, 2.05) is 6.07 Å². The van der Waals surface area contributed by atoms with Crippen LogP contribution in [0.2, 0.25) is 0 Å². The molecule has 2 saturated heterocycles. The van der Waals surface area contributed by atoms with Gasteiger partial charge in [0.15, 0.2) is 22.4 Å². The third-order valence-electron chi connectivity index (χ3n) is 8.98. The molecule has 4 amide bonds. The minimum atomic E-state index is -1.60. The van der Waals surface area contributed by atoms with Gasteiger partial charge >= 0.3 is 12.1 Å². The van der Waals surface area contributed by atoms with Crippen LogP contribution >= 0.6 is 11.8 Å². The van der Waals surface area contributed by atoms with Gasteiger partial charge in [0.2, 0.25) is 17.4 Å². The summed E-state index contributed by atoms with van der Waals surface area (Å²) in [5, 5.41) is 15.1. The molecule has 0 bridgehead atoms. The van der Waals surface area contributed by atoms with Crippen molar-refractivity contribution in [2.24, 2.45) is 16.1 Å². The van der Waals surface area contributed by atoms with Crippen LogP contribution in [-0.4, -0.2) is 124 Å². The number of rotatable bonds is 19. The molecule has 328 valence electrons. The number of ether oxygens (including phenoxy) is 4. The van der Waals surface area contributed by atoms with Crippen molar-refractivity contribution >= 4 is 52.4 Å². The van der Waals surface area contributed by atoms with E-state index in [2.05, 4.69) is 55.1 Å². The number of nitrogens with one attached hydrogen (secondary N) is 4. The fraction of sp³-hybridized carbons (Fsp3) is 0.700. The quantitative estimate of drug-likeness (QED) is 0.0516. The number of aliphatic imine (C=N–C) groups is 1. The molecule has 19 heteroatoms. The molecule has 18 nitrogen and oxygen atoms in total. The number of amidine groups is 1. The Hall–Kier alpha value is -4.65. The number of alkyl carbamates (subject to hydrolysis) is 1. The maximum atomic E-state index is 13.8. The molecule has 59 heavy (non-hydrogen) atoms. The van der Waals surface area contributed by atoms with Gasteiger partial charge in [0.05, 0.1) is 37.1 Å². The van der Waals surface area contributed by atoms with E-state index in [9.17, 15) is 24.0 Å². The highest BCUT2D eigenvalue weighted by atomic mass is 32.2. The number of carbonyl (C=O) groups is 5. The second kappa shape index (κ2) is 20.5. The summed E-state index contributed by atoms with van der Waals surface area (Å²) in [5.41, 5.74) is -2.58. The first-order chi connectivity index (χ1) is 27.7. The summed E-state index contributed by atoms with van der Waals surface area (Å²) in [4.78, 5) is 81.6. The number of nitrogens with zero attached hydrogens (tertiary/aromatic N) is 4. The fourth-order valence-corrected chi connectivity index (χ4v) is 6.60. The zero-order valence-electron chi connectivity index (χ0n) is 36.0. The molecular formula is C40H62N8O10S. The van der Waals surface area contributed by atoms with E-state index in [-0.39, 0.29) is 35.0 Å². The summed E-state index contributed by atoms with van der Waals surface area (Å²) in [6.45, 7) is 20.2. The molecule has 0 radical (unpaired) electrons. The van der Waals surface area contributed by atoms with Gasteiger partial charge in [-0.2, -0.15) is 0 Å². The Morgan fingerprint density at radius 2 is 1.59 bits per heavy atom. The first-order valence-corrected chi connectivity index (χ1v) is 21.2. The largest absolute Gasteiger partial charge is 0.490 e. The molecule has 3 atom stereocenters. The van der Waals surface area contributed by atoms with Crippen LogP contribution in [0.3, 0.4) is 0 Å². The summed E-state index contributed by atoms with van der Waals surface area (Å²) in [7, 11) is 0.